The van der Waals surface area contributed by atoms with Crippen LogP contribution in [0.2, 0.25) is 5.02 Å². The summed E-state index contributed by atoms with van der Waals surface area (Å²) >= 11 is 9.81. The number of pyridine rings is 1. The summed E-state index contributed by atoms with van der Waals surface area (Å²) in [6, 6.07) is 17.4. The van der Waals surface area contributed by atoms with E-state index in [9.17, 15) is 0 Å². The lowest BCUT2D eigenvalue weighted by atomic mass is 10.2. The average molecular weight is 448 g/mol. The van der Waals surface area contributed by atoms with Gasteiger partial charge in [-0.3, -0.25) is 4.98 Å². The molecular formula is C21H20BrClN2O2. The number of hydrogen-bond acceptors (Lipinski definition) is 4. The van der Waals surface area contributed by atoms with Crippen LogP contribution in [0.1, 0.15) is 16.8 Å². The van der Waals surface area contributed by atoms with Crippen LogP contribution in [-0.2, 0) is 19.7 Å². The number of benzene rings is 2. The lowest BCUT2D eigenvalue weighted by Gasteiger charge is -2.15. The minimum absolute atomic E-state index is 0.375. The molecular weight excluding hydrogens is 428 g/mol. The van der Waals surface area contributed by atoms with Crippen molar-refractivity contribution in [3.63, 3.8) is 0 Å². The first-order chi connectivity index (χ1) is 13.2. The highest BCUT2D eigenvalue weighted by atomic mass is 79.9. The molecule has 0 amide bonds. The first kappa shape index (κ1) is 19.7. The maximum atomic E-state index is 6.19. The van der Waals surface area contributed by atoms with Gasteiger partial charge in [-0.1, -0.05) is 51.8 Å². The predicted octanol–water partition coefficient (Wildman–Crippen LogP) is 5.37. The van der Waals surface area contributed by atoms with Crippen molar-refractivity contribution in [1.82, 2.24) is 10.3 Å². The van der Waals surface area contributed by atoms with Crippen molar-refractivity contribution in [3.8, 4) is 11.5 Å². The van der Waals surface area contributed by atoms with E-state index in [2.05, 4.69) is 26.2 Å². The first-order valence-corrected chi connectivity index (χ1v) is 9.67. The summed E-state index contributed by atoms with van der Waals surface area (Å²) in [5.41, 5.74) is 3.01. The molecule has 0 fully saturated rings. The number of rotatable bonds is 8. The molecule has 0 radical (unpaired) electrons. The highest BCUT2D eigenvalue weighted by Crippen LogP contribution is 2.34. The second-order valence-corrected chi connectivity index (χ2v) is 7.16. The van der Waals surface area contributed by atoms with Gasteiger partial charge in [0.05, 0.1) is 12.8 Å². The summed E-state index contributed by atoms with van der Waals surface area (Å²) in [6.45, 7) is 1.75. The molecule has 1 aromatic heterocycles. The van der Waals surface area contributed by atoms with Crippen LogP contribution in [0.25, 0.3) is 0 Å². The van der Waals surface area contributed by atoms with Crippen molar-refractivity contribution in [2.24, 2.45) is 0 Å². The number of aromatic nitrogens is 1. The molecule has 3 rings (SSSR count). The Morgan fingerprint density at radius 1 is 1.00 bits per heavy atom. The van der Waals surface area contributed by atoms with Crippen molar-refractivity contribution in [3.05, 3.63) is 87.1 Å². The summed E-state index contributed by atoms with van der Waals surface area (Å²) < 4.78 is 12.4. The number of nitrogens with zero attached hydrogens (tertiary/aromatic N) is 1. The van der Waals surface area contributed by atoms with Gasteiger partial charge in [-0.2, -0.15) is 0 Å². The zero-order valence-corrected chi connectivity index (χ0v) is 17.3. The third kappa shape index (κ3) is 5.45. The Hall–Kier alpha value is -2.08. The lowest BCUT2D eigenvalue weighted by Crippen LogP contribution is -2.14. The lowest BCUT2D eigenvalue weighted by molar-refractivity contribution is 0.284. The van der Waals surface area contributed by atoms with Crippen molar-refractivity contribution < 1.29 is 9.47 Å². The molecule has 4 nitrogen and oxygen atoms in total. The van der Waals surface area contributed by atoms with Crippen molar-refractivity contribution in [2.75, 3.05) is 7.11 Å². The van der Waals surface area contributed by atoms with Crippen LogP contribution in [-0.4, -0.2) is 12.1 Å². The topological polar surface area (TPSA) is 43.4 Å². The quantitative estimate of drug-likeness (QED) is 0.504. The Bertz CT molecular complexity index is 891. The van der Waals surface area contributed by atoms with Crippen LogP contribution in [0.15, 0.2) is 65.3 Å². The van der Waals surface area contributed by atoms with Crippen LogP contribution in [0.5, 0.6) is 11.5 Å². The molecule has 6 heteroatoms. The maximum absolute atomic E-state index is 6.19. The number of methoxy groups -OCH3 is 1. The average Bonchev–Trinajstić information content (AvgIpc) is 2.69. The molecule has 2 aromatic carbocycles. The van der Waals surface area contributed by atoms with Crippen LogP contribution in [0, 0.1) is 0 Å². The van der Waals surface area contributed by atoms with Crippen LogP contribution >= 0.6 is 27.5 Å². The van der Waals surface area contributed by atoms with Gasteiger partial charge in [0.1, 0.15) is 6.61 Å². The minimum atomic E-state index is 0.375. The fraction of sp³-hybridized carbons (Fsp3) is 0.190. The molecule has 0 atom stereocenters. The molecule has 0 unspecified atom stereocenters. The molecule has 140 valence electrons. The fourth-order valence-corrected chi connectivity index (χ4v) is 3.24. The van der Waals surface area contributed by atoms with Crippen molar-refractivity contribution in [2.45, 2.75) is 19.7 Å². The van der Waals surface area contributed by atoms with E-state index >= 15 is 0 Å². The molecule has 1 heterocycles. The molecule has 0 aliphatic carbocycles. The summed E-state index contributed by atoms with van der Waals surface area (Å²) in [5, 5.41) is 4.07. The standard InChI is InChI=1S/C21H20BrClN2O2/c1-26-20-10-16(12-24-13-17-7-4-5-9-25-17)18(22)11-21(20)27-14-15-6-2-3-8-19(15)23/h2-11,24H,12-14H2,1H3. The summed E-state index contributed by atoms with van der Waals surface area (Å²) in [7, 11) is 1.64. The molecule has 0 saturated heterocycles. The summed E-state index contributed by atoms with van der Waals surface area (Å²) in [5.74, 6) is 1.35. The predicted molar refractivity (Wildman–Crippen MR) is 111 cm³/mol. The van der Waals surface area contributed by atoms with E-state index in [0.717, 1.165) is 21.3 Å². The van der Waals surface area contributed by atoms with Gasteiger partial charge in [-0.25, -0.2) is 0 Å². The van der Waals surface area contributed by atoms with Crippen molar-refractivity contribution >= 4 is 27.5 Å². The monoisotopic (exact) mass is 446 g/mol. The van der Waals surface area contributed by atoms with E-state index in [1.165, 1.54) is 0 Å². The van der Waals surface area contributed by atoms with Crippen molar-refractivity contribution in [1.29, 1.82) is 0 Å². The van der Waals surface area contributed by atoms with Gasteiger partial charge in [-0.05, 0) is 35.9 Å². The number of halogens is 2. The maximum Gasteiger partial charge on any atom is 0.162 e. The van der Waals surface area contributed by atoms with Crippen LogP contribution < -0.4 is 14.8 Å². The Balaban J connectivity index is 1.66. The molecule has 3 aromatic rings. The number of hydrogen-bond donors (Lipinski definition) is 1. The van der Waals surface area contributed by atoms with Gasteiger partial charge in [0.2, 0.25) is 0 Å². The van der Waals surface area contributed by atoms with E-state index in [0.29, 0.717) is 36.2 Å². The molecule has 0 spiro atoms. The van der Waals surface area contributed by atoms with E-state index in [4.69, 9.17) is 21.1 Å². The molecule has 0 aliphatic rings. The van der Waals surface area contributed by atoms with Gasteiger partial charge in [0.25, 0.3) is 0 Å². The zero-order valence-electron chi connectivity index (χ0n) is 14.9. The Kier molecular flexibility index (Phi) is 7.10. The number of ether oxygens (including phenoxy) is 2. The van der Waals surface area contributed by atoms with Crippen LogP contribution in [0.3, 0.4) is 0 Å². The van der Waals surface area contributed by atoms with Crippen LogP contribution in [0.4, 0.5) is 0 Å². The normalized spacial score (nSPS) is 10.6. The Labute approximate surface area is 172 Å². The van der Waals surface area contributed by atoms with Gasteiger partial charge < -0.3 is 14.8 Å². The van der Waals surface area contributed by atoms with Gasteiger partial charge >= 0.3 is 0 Å². The summed E-state index contributed by atoms with van der Waals surface area (Å²) in [4.78, 5) is 4.31. The van der Waals surface area contributed by atoms with Gasteiger partial charge in [-0.15, -0.1) is 0 Å². The Morgan fingerprint density at radius 3 is 2.56 bits per heavy atom. The largest absolute Gasteiger partial charge is 0.493 e. The highest BCUT2D eigenvalue weighted by Gasteiger charge is 2.11. The molecule has 0 saturated carbocycles. The second kappa shape index (κ2) is 9.74. The molecule has 0 bridgehead atoms. The second-order valence-electron chi connectivity index (χ2n) is 5.90. The zero-order chi connectivity index (χ0) is 19.1. The minimum Gasteiger partial charge on any atom is -0.493 e. The molecule has 1 N–H and O–H groups in total. The van der Waals surface area contributed by atoms with Gasteiger partial charge in [0, 0.05) is 34.3 Å². The first-order valence-electron chi connectivity index (χ1n) is 8.50. The summed E-state index contributed by atoms with van der Waals surface area (Å²) in [6.07, 6.45) is 1.79. The Morgan fingerprint density at radius 2 is 1.81 bits per heavy atom. The smallest absolute Gasteiger partial charge is 0.162 e. The van der Waals surface area contributed by atoms with E-state index in [1.54, 1.807) is 13.3 Å². The van der Waals surface area contributed by atoms with Gasteiger partial charge in [0.15, 0.2) is 11.5 Å². The van der Waals surface area contributed by atoms with E-state index in [-0.39, 0.29) is 0 Å². The third-order valence-electron chi connectivity index (χ3n) is 4.02. The van der Waals surface area contributed by atoms with E-state index < -0.39 is 0 Å². The molecule has 0 aliphatic heterocycles. The fourth-order valence-electron chi connectivity index (χ4n) is 2.58. The van der Waals surface area contributed by atoms with E-state index in [1.807, 2.05) is 54.6 Å². The molecule has 27 heavy (non-hydrogen) atoms. The number of nitrogens with one attached hydrogen (secondary N) is 1. The third-order valence-corrected chi connectivity index (χ3v) is 5.13. The SMILES string of the molecule is COc1cc(CNCc2ccccn2)c(Br)cc1OCc1ccccc1Cl. The highest BCUT2D eigenvalue weighted by molar-refractivity contribution is 9.10.